The minimum Gasteiger partial charge on any atom is -0.461 e. The Bertz CT molecular complexity index is 1160. The summed E-state index contributed by atoms with van der Waals surface area (Å²) in [4.78, 5) is 27.0. The van der Waals surface area contributed by atoms with Crippen molar-refractivity contribution in [2.75, 3.05) is 20.2 Å². The summed E-state index contributed by atoms with van der Waals surface area (Å²) in [5, 5.41) is 4.58. The summed E-state index contributed by atoms with van der Waals surface area (Å²) in [6.45, 7) is 4.93. The first-order valence-electron chi connectivity index (χ1n) is 13.2. The van der Waals surface area contributed by atoms with Crippen LogP contribution in [-0.2, 0) is 4.74 Å². The van der Waals surface area contributed by atoms with Gasteiger partial charge in [-0.3, -0.25) is 4.79 Å². The SMILES string of the molecule is CCCCN(C)C(=O)c1ccc(-n2nc(C(=O)OCC)cc2-c2ccc(C3CCCCC3)cc2)cc1. The number of amides is 1. The van der Waals surface area contributed by atoms with Gasteiger partial charge in [-0.15, -0.1) is 0 Å². The fraction of sp³-hybridized carbons (Fsp3) is 0.433. The molecular weight excluding hydrogens is 450 g/mol. The average Bonchev–Trinajstić information content (AvgIpc) is 3.38. The lowest BCUT2D eigenvalue weighted by atomic mass is 9.84. The van der Waals surface area contributed by atoms with Crippen LogP contribution in [0.5, 0.6) is 0 Å². The minimum absolute atomic E-state index is 0.00111. The molecule has 0 unspecified atom stereocenters. The predicted octanol–water partition coefficient (Wildman–Crippen LogP) is 6.64. The normalized spacial score (nSPS) is 14.0. The Balaban J connectivity index is 1.64. The molecule has 3 aromatic rings. The van der Waals surface area contributed by atoms with Crippen molar-refractivity contribution in [3.05, 3.63) is 71.4 Å². The van der Waals surface area contributed by atoms with Crippen molar-refractivity contribution in [1.82, 2.24) is 14.7 Å². The van der Waals surface area contributed by atoms with Crippen LogP contribution in [0.15, 0.2) is 54.6 Å². The third kappa shape index (κ3) is 5.86. The second-order valence-corrected chi connectivity index (χ2v) is 9.63. The van der Waals surface area contributed by atoms with E-state index in [1.165, 1.54) is 37.7 Å². The van der Waals surface area contributed by atoms with Gasteiger partial charge in [-0.25, -0.2) is 9.48 Å². The molecule has 0 saturated heterocycles. The minimum atomic E-state index is -0.444. The summed E-state index contributed by atoms with van der Waals surface area (Å²) < 4.78 is 6.97. The van der Waals surface area contributed by atoms with Gasteiger partial charge in [0.05, 0.1) is 18.0 Å². The van der Waals surface area contributed by atoms with Crippen molar-refractivity contribution >= 4 is 11.9 Å². The third-order valence-electron chi connectivity index (χ3n) is 7.03. The monoisotopic (exact) mass is 487 g/mol. The first-order valence-corrected chi connectivity index (χ1v) is 13.2. The summed E-state index contributed by atoms with van der Waals surface area (Å²) in [6, 6.07) is 17.8. The molecule has 0 bridgehead atoms. The molecule has 1 saturated carbocycles. The Morgan fingerprint density at radius 2 is 1.69 bits per heavy atom. The van der Waals surface area contributed by atoms with Crippen LogP contribution < -0.4 is 0 Å². The van der Waals surface area contributed by atoms with Gasteiger partial charge in [-0.1, -0.05) is 56.9 Å². The molecule has 0 aliphatic heterocycles. The summed E-state index contributed by atoms with van der Waals surface area (Å²) in [5.74, 6) is 0.190. The quantitative estimate of drug-likeness (QED) is 0.318. The van der Waals surface area contributed by atoms with E-state index in [-0.39, 0.29) is 11.6 Å². The van der Waals surface area contributed by atoms with Gasteiger partial charge in [0.2, 0.25) is 0 Å². The highest BCUT2D eigenvalue weighted by Crippen LogP contribution is 2.34. The lowest BCUT2D eigenvalue weighted by molar-refractivity contribution is 0.0518. The van der Waals surface area contributed by atoms with Crippen molar-refractivity contribution in [2.45, 2.75) is 64.7 Å². The topological polar surface area (TPSA) is 64.4 Å². The number of hydrogen-bond acceptors (Lipinski definition) is 4. The van der Waals surface area contributed by atoms with Crippen molar-refractivity contribution < 1.29 is 14.3 Å². The highest BCUT2D eigenvalue weighted by molar-refractivity contribution is 5.94. The van der Waals surface area contributed by atoms with Gasteiger partial charge in [0.1, 0.15) is 0 Å². The molecule has 6 heteroatoms. The molecule has 0 spiro atoms. The van der Waals surface area contributed by atoms with Crippen molar-refractivity contribution in [2.24, 2.45) is 0 Å². The fourth-order valence-corrected chi connectivity index (χ4v) is 4.91. The second-order valence-electron chi connectivity index (χ2n) is 9.63. The lowest BCUT2D eigenvalue weighted by Gasteiger charge is -2.22. The Morgan fingerprint density at radius 1 is 1.00 bits per heavy atom. The number of unbranched alkanes of at least 4 members (excludes halogenated alkanes) is 1. The molecule has 1 aromatic heterocycles. The third-order valence-corrected chi connectivity index (χ3v) is 7.03. The fourth-order valence-electron chi connectivity index (χ4n) is 4.91. The van der Waals surface area contributed by atoms with Gasteiger partial charge in [-0.05, 0) is 68.0 Å². The summed E-state index contributed by atoms with van der Waals surface area (Å²) in [6.07, 6.45) is 8.47. The van der Waals surface area contributed by atoms with E-state index in [1.807, 2.05) is 31.3 Å². The molecule has 6 nitrogen and oxygen atoms in total. The van der Waals surface area contributed by atoms with E-state index in [9.17, 15) is 9.59 Å². The number of hydrogen-bond donors (Lipinski definition) is 0. The number of rotatable bonds is 9. The zero-order valence-corrected chi connectivity index (χ0v) is 21.7. The van der Waals surface area contributed by atoms with Crippen LogP contribution in [0.1, 0.15) is 91.1 Å². The van der Waals surface area contributed by atoms with Gasteiger partial charge in [0.25, 0.3) is 5.91 Å². The molecular formula is C30H37N3O3. The van der Waals surface area contributed by atoms with Gasteiger partial charge < -0.3 is 9.64 Å². The van der Waals surface area contributed by atoms with Gasteiger partial charge >= 0.3 is 5.97 Å². The first-order chi connectivity index (χ1) is 17.5. The largest absolute Gasteiger partial charge is 0.461 e. The van der Waals surface area contributed by atoms with Crippen LogP contribution in [0.25, 0.3) is 16.9 Å². The number of ether oxygens (including phenoxy) is 1. The van der Waals surface area contributed by atoms with Gasteiger partial charge in [-0.2, -0.15) is 5.10 Å². The summed E-state index contributed by atoms with van der Waals surface area (Å²) in [7, 11) is 1.83. The Labute approximate surface area is 214 Å². The molecule has 2 aromatic carbocycles. The maximum atomic E-state index is 12.8. The highest BCUT2D eigenvalue weighted by atomic mass is 16.5. The van der Waals surface area contributed by atoms with Gasteiger partial charge in [0, 0.05) is 24.7 Å². The Kier molecular flexibility index (Phi) is 8.57. The van der Waals surface area contributed by atoms with Crippen molar-refractivity contribution in [3.8, 4) is 16.9 Å². The molecule has 1 heterocycles. The molecule has 4 rings (SSSR count). The molecule has 1 amide bonds. The van der Waals surface area contributed by atoms with E-state index in [2.05, 4.69) is 36.3 Å². The number of esters is 1. The van der Waals surface area contributed by atoms with Crippen LogP contribution in [0.2, 0.25) is 0 Å². The van der Waals surface area contributed by atoms with Crippen molar-refractivity contribution in [1.29, 1.82) is 0 Å². The van der Waals surface area contributed by atoms with E-state index in [0.29, 0.717) is 18.1 Å². The summed E-state index contributed by atoms with van der Waals surface area (Å²) in [5.41, 5.74) is 4.86. The Hall–Kier alpha value is -3.41. The standard InChI is InChI=1S/C30H37N3O3/c1-4-6-20-32(3)29(34)25-16-18-26(19-17-25)33-28(21-27(31-33)30(35)36-5-2)24-14-12-23(13-15-24)22-10-8-7-9-11-22/h12-19,21-22H,4-11,20H2,1-3H3. The molecule has 0 radical (unpaired) electrons. The summed E-state index contributed by atoms with van der Waals surface area (Å²) >= 11 is 0. The molecule has 0 atom stereocenters. The zero-order chi connectivity index (χ0) is 25.5. The number of carbonyl (C=O) groups is 2. The molecule has 190 valence electrons. The maximum Gasteiger partial charge on any atom is 0.358 e. The maximum absolute atomic E-state index is 12.8. The predicted molar refractivity (Wildman–Crippen MR) is 143 cm³/mol. The van der Waals surface area contributed by atoms with E-state index in [0.717, 1.165) is 36.3 Å². The van der Waals surface area contributed by atoms with E-state index in [4.69, 9.17) is 4.74 Å². The molecule has 1 aliphatic rings. The smallest absolute Gasteiger partial charge is 0.358 e. The Morgan fingerprint density at radius 3 is 2.33 bits per heavy atom. The molecule has 1 aliphatic carbocycles. The number of nitrogens with zero attached hydrogens (tertiary/aromatic N) is 3. The van der Waals surface area contributed by atoms with E-state index < -0.39 is 5.97 Å². The lowest BCUT2D eigenvalue weighted by Crippen LogP contribution is -2.27. The highest BCUT2D eigenvalue weighted by Gasteiger charge is 2.20. The van der Waals surface area contributed by atoms with Crippen LogP contribution in [0.3, 0.4) is 0 Å². The first kappa shape index (κ1) is 25.7. The van der Waals surface area contributed by atoms with Crippen LogP contribution in [0.4, 0.5) is 0 Å². The van der Waals surface area contributed by atoms with E-state index in [1.54, 1.807) is 22.6 Å². The number of benzene rings is 2. The van der Waals surface area contributed by atoms with Crippen LogP contribution in [0, 0.1) is 0 Å². The molecule has 36 heavy (non-hydrogen) atoms. The number of aromatic nitrogens is 2. The average molecular weight is 488 g/mol. The van der Waals surface area contributed by atoms with E-state index >= 15 is 0 Å². The molecule has 0 N–H and O–H groups in total. The van der Waals surface area contributed by atoms with Crippen LogP contribution >= 0.6 is 0 Å². The van der Waals surface area contributed by atoms with Crippen LogP contribution in [-0.4, -0.2) is 46.8 Å². The molecule has 1 fully saturated rings. The van der Waals surface area contributed by atoms with Gasteiger partial charge in [0.15, 0.2) is 5.69 Å². The zero-order valence-electron chi connectivity index (χ0n) is 21.7. The van der Waals surface area contributed by atoms with Crippen molar-refractivity contribution in [3.63, 3.8) is 0 Å². The second kappa shape index (κ2) is 12.0. The number of carbonyl (C=O) groups excluding carboxylic acids is 2.